The third kappa shape index (κ3) is 6.48. The Morgan fingerprint density at radius 3 is 1.92 bits per heavy atom. The van der Waals surface area contributed by atoms with Crippen molar-refractivity contribution in [1.82, 2.24) is 4.57 Å². The van der Waals surface area contributed by atoms with Crippen LogP contribution < -0.4 is 4.90 Å². The average Bonchev–Trinajstić information content (AvgIpc) is 3.51. The largest absolute Gasteiger partial charge is 0.344 e. The summed E-state index contributed by atoms with van der Waals surface area (Å²) >= 11 is 0. The van der Waals surface area contributed by atoms with E-state index in [-0.39, 0.29) is 5.41 Å². The van der Waals surface area contributed by atoms with E-state index < -0.39 is 0 Å². The Bertz CT molecular complexity index is 2450. The summed E-state index contributed by atoms with van der Waals surface area (Å²) in [5.41, 5.74) is 13.6. The van der Waals surface area contributed by atoms with E-state index in [0.29, 0.717) is 6.54 Å². The van der Waals surface area contributed by atoms with Gasteiger partial charge in [-0.05, 0) is 69.3 Å². The third-order valence-corrected chi connectivity index (χ3v) is 10.3. The molecular formula is C50H42N2. The molecule has 0 saturated heterocycles. The van der Waals surface area contributed by atoms with E-state index in [1.54, 1.807) is 0 Å². The lowest BCUT2D eigenvalue weighted by Gasteiger charge is -2.34. The first-order chi connectivity index (χ1) is 25.5. The van der Waals surface area contributed by atoms with Gasteiger partial charge in [-0.25, -0.2) is 0 Å². The maximum atomic E-state index is 4.37. The Morgan fingerprint density at radius 1 is 0.577 bits per heavy atom. The molecule has 1 aliphatic heterocycles. The fourth-order valence-corrected chi connectivity index (χ4v) is 7.41. The lowest BCUT2D eigenvalue weighted by atomic mass is 9.74. The van der Waals surface area contributed by atoms with Gasteiger partial charge in [-0.2, -0.15) is 0 Å². The van der Waals surface area contributed by atoms with Gasteiger partial charge in [0.05, 0.1) is 5.52 Å². The fraction of sp³-hybridized carbons (Fsp3) is 0.0800. The summed E-state index contributed by atoms with van der Waals surface area (Å²) in [4.78, 5) is 2.36. The Balaban J connectivity index is 1.26. The van der Waals surface area contributed by atoms with Gasteiger partial charge in [0.2, 0.25) is 0 Å². The minimum atomic E-state index is -0.326. The molecule has 0 fully saturated rings. The highest BCUT2D eigenvalue weighted by Crippen LogP contribution is 2.44. The van der Waals surface area contributed by atoms with Crippen molar-refractivity contribution in [2.75, 3.05) is 11.4 Å². The minimum Gasteiger partial charge on any atom is -0.344 e. The molecule has 2 heterocycles. The van der Waals surface area contributed by atoms with Crippen molar-refractivity contribution in [3.05, 3.63) is 223 Å². The van der Waals surface area contributed by atoms with E-state index in [2.05, 4.69) is 206 Å². The van der Waals surface area contributed by atoms with Gasteiger partial charge in [0.1, 0.15) is 0 Å². The van der Waals surface area contributed by atoms with Crippen LogP contribution in [-0.2, 0) is 6.42 Å². The number of anilines is 1. The Kier molecular flexibility index (Phi) is 8.89. The van der Waals surface area contributed by atoms with Crippen molar-refractivity contribution in [3.63, 3.8) is 0 Å². The van der Waals surface area contributed by atoms with Crippen LogP contribution in [0.2, 0.25) is 0 Å². The first-order valence-corrected chi connectivity index (χ1v) is 18.0. The number of hydrogen-bond acceptors (Lipinski definition) is 1. The molecule has 2 heteroatoms. The standard InChI is InChI=1S/C50H42N2/c1-37-17-7-6-14-32-51(44-24-15-22-41(33-44)39-18-8-4-9-19-39)36-43(29-28-38(37)2)50(3)31-30-47-46-26-12-13-27-48(46)52(49(47)35-50)45-25-16-23-42(34-45)40-20-10-5-11-21-40/h4-31,33-34,36H,1-2,32,35H2,3H3/b14-6-,17-7-,29-28-,43-36+. The zero-order valence-corrected chi connectivity index (χ0v) is 29.6. The Hall–Kier alpha value is -6.38. The molecule has 0 spiro atoms. The molecule has 1 atom stereocenters. The van der Waals surface area contributed by atoms with Crippen LogP contribution in [0.3, 0.4) is 0 Å². The predicted octanol–water partition coefficient (Wildman–Crippen LogP) is 12.7. The number of para-hydroxylation sites is 1. The maximum absolute atomic E-state index is 4.37. The zero-order valence-electron chi connectivity index (χ0n) is 29.6. The van der Waals surface area contributed by atoms with Crippen LogP contribution in [0.15, 0.2) is 212 Å². The first-order valence-electron chi connectivity index (χ1n) is 18.0. The number of hydrogen-bond donors (Lipinski definition) is 0. The van der Waals surface area contributed by atoms with Gasteiger partial charge in [0.25, 0.3) is 0 Å². The molecule has 5 aromatic carbocycles. The predicted molar refractivity (Wildman–Crippen MR) is 223 cm³/mol. The first kappa shape index (κ1) is 32.8. The van der Waals surface area contributed by atoms with E-state index >= 15 is 0 Å². The van der Waals surface area contributed by atoms with Crippen LogP contribution in [0.25, 0.3) is 44.9 Å². The quantitative estimate of drug-likeness (QED) is 0.177. The van der Waals surface area contributed by atoms with Gasteiger partial charge in [0, 0.05) is 52.6 Å². The lowest BCUT2D eigenvalue weighted by molar-refractivity contribution is 0.506. The topological polar surface area (TPSA) is 8.17 Å². The smallest absolute Gasteiger partial charge is 0.0537 e. The molecule has 8 rings (SSSR count). The van der Waals surface area contributed by atoms with E-state index in [0.717, 1.165) is 23.3 Å². The summed E-state index contributed by atoms with van der Waals surface area (Å²) < 4.78 is 2.48. The summed E-state index contributed by atoms with van der Waals surface area (Å²) in [7, 11) is 0. The van der Waals surface area contributed by atoms with Crippen LogP contribution in [0.4, 0.5) is 5.69 Å². The maximum Gasteiger partial charge on any atom is 0.0537 e. The van der Waals surface area contributed by atoms with Gasteiger partial charge in [-0.1, -0.05) is 172 Å². The van der Waals surface area contributed by atoms with Gasteiger partial charge < -0.3 is 9.47 Å². The number of nitrogens with zero attached hydrogens (tertiary/aromatic N) is 2. The van der Waals surface area contributed by atoms with E-state index in [9.17, 15) is 0 Å². The third-order valence-electron chi connectivity index (χ3n) is 10.3. The van der Waals surface area contributed by atoms with Crippen LogP contribution >= 0.6 is 0 Å². The van der Waals surface area contributed by atoms with Crippen molar-refractivity contribution < 1.29 is 0 Å². The highest BCUT2D eigenvalue weighted by Gasteiger charge is 2.33. The van der Waals surface area contributed by atoms with Crippen LogP contribution in [-0.4, -0.2) is 11.1 Å². The molecule has 1 aliphatic carbocycles. The molecule has 0 radical (unpaired) electrons. The van der Waals surface area contributed by atoms with E-state index in [4.69, 9.17) is 0 Å². The van der Waals surface area contributed by atoms with Crippen molar-refractivity contribution in [2.24, 2.45) is 5.41 Å². The fourth-order valence-electron chi connectivity index (χ4n) is 7.41. The second-order valence-corrected chi connectivity index (χ2v) is 13.9. The molecule has 6 aromatic rings. The molecule has 1 aromatic heterocycles. The van der Waals surface area contributed by atoms with Gasteiger partial charge in [-0.3, -0.25) is 0 Å². The lowest BCUT2D eigenvalue weighted by Crippen LogP contribution is -2.26. The van der Waals surface area contributed by atoms with E-state index in [1.165, 1.54) is 55.7 Å². The Morgan fingerprint density at radius 2 is 1.19 bits per heavy atom. The molecule has 252 valence electrons. The van der Waals surface area contributed by atoms with Crippen molar-refractivity contribution in [3.8, 4) is 27.9 Å². The molecule has 0 amide bonds. The van der Waals surface area contributed by atoms with Crippen LogP contribution in [0.5, 0.6) is 0 Å². The summed E-state index contributed by atoms with van der Waals surface area (Å²) in [5, 5.41) is 1.27. The summed E-state index contributed by atoms with van der Waals surface area (Å²) in [6, 6.07) is 47.8. The van der Waals surface area contributed by atoms with Gasteiger partial charge in [0.15, 0.2) is 0 Å². The molecule has 2 aliphatic rings. The normalized spacial score (nSPS) is 20.3. The number of fused-ring (bicyclic) bond motifs is 3. The second kappa shape index (κ2) is 14.1. The highest BCUT2D eigenvalue weighted by atomic mass is 15.1. The van der Waals surface area contributed by atoms with Crippen molar-refractivity contribution >= 4 is 22.7 Å². The monoisotopic (exact) mass is 670 g/mol. The van der Waals surface area contributed by atoms with E-state index in [1.807, 2.05) is 12.2 Å². The minimum absolute atomic E-state index is 0.326. The zero-order chi connectivity index (χ0) is 35.5. The molecule has 2 nitrogen and oxygen atoms in total. The van der Waals surface area contributed by atoms with Crippen LogP contribution in [0, 0.1) is 5.41 Å². The van der Waals surface area contributed by atoms with Crippen molar-refractivity contribution in [1.29, 1.82) is 0 Å². The molecule has 0 saturated carbocycles. The number of aromatic nitrogens is 1. The van der Waals surface area contributed by atoms with Gasteiger partial charge >= 0.3 is 0 Å². The summed E-state index contributed by atoms with van der Waals surface area (Å²) in [5.74, 6) is 0. The number of rotatable bonds is 5. The summed E-state index contributed by atoms with van der Waals surface area (Å²) in [6.45, 7) is 11.7. The molecule has 0 bridgehead atoms. The Labute approximate surface area is 307 Å². The second-order valence-electron chi connectivity index (χ2n) is 13.9. The van der Waals surface area contributed by atoms with Crippen LogP contribution in [0.1, 0.15) is 18.2 Å². The van der Waals surface area contributed by atoms with Crippen molar-refractivity contribution in [2.45, 2.75) is 13.3 Å². The highest BCUT2D eigenvalue weighted by molar-refractivity contribution is 5.94. The molecule has 1 unspecified atom stereocenters. The molecular weight excluding hydrogens is 629 g/mol. The summed E-state index contributed by atoms with van der Waals surface area (Å²) in [6.07, 6.45) is 20.7. The number of benzene rings is 5. The molecule has 52 heavy (non-hydrogen) atoms. The SMILES string of the molecule is C=C1/C=C\C=C/CN(c2cccc(-c3ccccc3)c2)/C=C(C2(C)C=Cc3c(n(-c4cccc(-c5ccccc5)c4)c4ccccc34)C2)\C=C/C1=C. The average molecular weight is 671 g/mol. The van der Waals surface area contributed by atoms with Gasteiger partial charge in [-0.15, -0.1) is 0 Å². The molecule has 0 N–H and O–H groups in total. The number of allylic oxidation sites excluding steroid dienone is 9.